The van der Waals surface area contributed by atoms with E-state index in [4.69, 9.17) is 4.52 Å². The fraction of sp³-hybridized carbons (Fsp3) is 0.462. The number of nitrogens with zero attached hydrogens (tertiary/aromatic N) is 3. The molecule has 1 aliphatic rings. The number of hydrogen-bond acceptors (Lipinski definition) is 4. The monoisotopic (exact) mass is 314 g/mol. The Kier molecular flexibility index (Phi) is 3.63. The van der Waals surface area contributed by atoms with Gasteiger partial charge in [-0.3, -0.25) is 9.48 Å². The predicted octanol–water partition coefficient (Wildman–Crippen LogP) is 2.41. The molecule has 1 aliphatic carbocycles. The molecule has 3 rings (SSSR count). The number of rotatable bonds is 3. The molecule has 0 saturated carbocycles. The Morgan fingerprint density at radius 2 is 2.14 bits per heavy atom. The van der Waals surface area contributed by atoms with Crippen molar-refractivity contribution in [3.05, 3.63) is 29.3 Å². The molecule has 9 heteroatoms. The second kappa shape index (κ2) is 5.47. The standard InChI is InChI=1S/C13H13F3N4O2/c14-13(15,16)10-5-6-20(18-10)7-11(21)17-12-8-3-1-2-4-9(8)22-19-12/h5-6H,1-4,7H2,(H,17,19,21). The summed E-state index contributed by atoms with van der Waals surface area (Å²) in [4.78, 5) is 11.9. The highest BCUT2D eigenvalue weighted by Gasteiger charge is 2.33. The molecule has 118 valence electrons. The molecule has 0 saturated heterocycles. The maximum absolute atomic E-state index is 12.4. The number of fused-ring (bicyclic) bond motifs is 1. The lowest BCUT2D eigenvalue weighted by Crippen LogP contribution is -2.21. The van der Waals surface area contributed by atoms with Crippen LogP contribution in [0.4, 0.5) is 19.0 Å². The zero-order valence-corrected chi connectivity index (χ0v) is 11.5. The molecule has 0 aliphatic heterocycles. The zero-order chi connectivity index (χ0) is 15.7. The highest BCUT2D eigenvalue weighted by Crippen LogP contribution is 2.28. The second-order valence-electron chi connectivity index (χ2n) is 5.08. The van der Waals surface area contributed by atoms with Gasteiger partial charge in [0.15, 0.2) is 11.5 Å². The predicted molar refractivity (Wildman–Crippen MR) is 69.0 cm³/mol. The molecular weight excluding hydrogens is 301 g/mol. The van der Waals surface area contributed by atoms with Gasteiger partial charge in [0.25, 0.3) is 0 Å². The highest BCUT2D eigenvalue weighted by molar-refractivity contribution is 5.90. The first-order valence-electron chi connectivity index (χ1n) is 6.81. The van der Waals surface area contributed by atoms with Crippen molar-refractivity contribution in [1.82, 2.24) is 14.9 Å². The van der Waals surface area contributed by atoms with Crippen molar-refractivity contribution >= 4 is 11.7 Å². The number of carbonyl (C=O) groups excluding carboxylic acids is 1. The van der Waals surface area contributed by atoms with Crippen LogP contribution in [-0.2, 0) is 30.4 Å². The molecular formula is C13H13F3N4O2. The Labute approximate surface area is 123 Å². The summed E-state index contributed by atoms with van der Waals surface area (Å²) in [7, 11) is 0. The van der Waals surface area contributed by atoms with E-state index in [0.29, 0.717) is 5.82 Å². The van der Waals surface area contributed by atoms with Gasteiger partial charge in [0, 0.05) is 18.2 Å². The summed E-state index contributed by atoms with van der Waals surface area (Å²) in [6.07, 6.45) is 0.155. The number of anilines is 1. The summed E-state index contributed by atoms with van der Waals surface area (Å²) >= 11 is 0. The van der Waals surface area contributed by atoms with Crippen molar-refractivity contribution in [3.63, 3.8) is 0 Å². The van der Waals surface area contributed by atoms with E-state index in [-0.39, 0.29) is 6.54 Å². The Balaban J connectivity index is 1.65. The average Bonchev–Trinajstić information content (AvgIpc) is 3.06. The smallest absolute Gasteiger partial charge is 0.359 e. The average molecular weight is 314 g/mol. The van der Waals surface area contributed by atoms with Crippen molar-refractivity contribution in [1.29, 1.82) is 0 Å². The quantitative estimate of drug-likeness (QED) is 0.944. The van der Waals surface area contributed by atoms with Crippen LogP contribution in [-0.4, -0.2) is 20.8 Å². The fourth-order valence-corrected chi connectivity index (χ4v) is 2.40. The first-order chi connectivity index (χ1) is 10.4. The number of amides is 1. The van der Waals surface area contributed by atoms with Gasteiger partial charge in [-0.05, 0) is 25.3 Å². The molecule has 0 radical (unpaired) electrons. The Hall–Kier alpha value is -2.32. The molecule has 2 aromatic rings. The minimum atomic E-state index is -4.52. The summed E-state index contributed by atoms with van der Waals surface area (Å²) in [6, 6.07) is 0.825. The van der Waals surface area contributed by atoms with Crippen LogP contribution in [0.2, 0.25) is 0 Å². The first kappa shape index (κ1) is 14.6. The van der Waals surface area contributed by atoms with Crippen LogP contribution in [0.25, 0.3) is 0 Å². The molecule has 0 fully saturated rings. The number of aryl methyl sites for hydroxylation is 1. The van der Waals surface area contributed by atoms with Gasteiger partial charge in [-0.25, -0.2) is 0 Å². The van der Waals surface area contributed by atoms with Crippen LogP contribution < -0.4 is 5.32 Å². The van der Waals surface area contributed by atoms with Crippen LogP contribution in [0.5, 0.6) is 0 Å². The minimum absolute atomic E-state index is 0.322. The Bertz CT molecular complexity index is 690. The molecule has 6 nitrogen and oxygen atoms in total. The maximum Gasteiger partial charge on any atom is 0.435 e. The van der Waals surface area contributed by atoms with Crippen LogP contribution in [0.3, 0.4) is 0 Å². The highest BCUT2D eigenvalue weighted by atomic mass is 19.4. The SMILES string of the molecule is O=C(Cn1ccc(C(F)(F)F)n1)Nc1noc2c1CCCC2. The molecule has 0 aromatic carbocycles. The van der Waals surface area contributed by atoms with Crippen molar-refractivity contribution < 1.29 is 22.5 Å². The topological polar surface area (TPSA) is 73.0 Å². The molecule has 0 atom stereocenters. The van der Waals surface area contributed by atoms with E-state index in [1.807, 2.05) is 0 Å². The number of aromatic nitrogens is 3. The third-order valence-electron chi connectivity index (χ3n) is 3.44. The van der Waals surface area contributed by atoms with E-state index < -0.39 is 17.8 Å². The lowest BCUT2D eigenvalue weighted by Gasteiger charge is -2.09. The maximum atomic E-state index is 12.4. The second-order valence-corrected chi connectivity index (χ2v) is 5.08. The van der Waals surface area contributed by atoms with Gasteiger partial charge in [-0.2, -0.15) is 18.3 Å². The number of hydrogen-bond donors (Lipinski definition) is 1. The van der Waals surface area contributed by atoms with E-state index in [9.17, 15) is 18.0 Å². The van der Waals surface area contributed by atoms with Gasteiger partial charge in [0.05, 0.1) is 0 Å². The number of halogens is 3. The van der Waals surface area contributed by atoms with Crippen LogP contribution in [0.15, 0.2) is 16.8 Å². The summed E-state index contributed by atoms with van der Waals surface area (Å²) in [6.45, 7) is -0.322. The molecule has 2 heterocycles. The van der Waals surface area contributed by atoms with Crippen molar-refractivity contribution in [2.24, 2.45) is 0 Å². The summed E-state index contributed by atoms with van der Waals surface area (Å²) in [5.41, 5.74) is -0.157. The molecule has 0 bridgehead atoms. The lowest BCUT2D eigenvalue weighted by molar-refractivity contribution is -0.141. The van der Waals surface area contributed by atoms with Crippen molar-refractivity contribution in [2.75, 3.05) is 5.32 Å². The normalized spacial score (nSPS) is 14.7. The number of alkyl halides is 3. The summed E-state index contributed by atoms with van der Waals surface area (Å²) in [5.74, 6) is 0.612. The van der Waals surface area contributed by atoms with Gasteiger partial charge in [-0.15, -0.1) is 0 Å². The van der Waals surface area contributed by atoms with E-state index in [0.717, 1.165) is 54.0 Å². The van der Waals surface area contributed by atoms with Crippen LogP contribution in [0.1, 0.15) is 29.9 Å². The number of nitrogens with one attached hydrogen (secondary N) is 1. The number of carbonyl (C=O) groups is 1. The molecule has 22 heavy (non-hydrogen) atoms. The van der Waals surface area contributed by atoms with Gasteiger partial charge in [-0.1, -0.05) is 5.16 Å². The van der Waals surface area contributed by atoms with E-state index in [1.165, 1.54) is 0 Å². The first-order valence-corrected chi connectivity index (χ1v) is 6.81. The van der Waals surface area contributed by atoms with Gasteiger partial charge in [0.2, 0.25) is 5.91 Å². The lowest BCUT2D eigenvalue weighted by atomic mass is 9.98. The fourth-order valence-electron chi connectivity index (χ4n) is 2.40. The van der Waals surface area contributed by atoms with Gasteiger partial charge in [0.1, 0.15) is 12.3 Å². The zero-order valence-electron chi connectivity index (χ0n) is 11.5. The van der Waals surface area contributed by atoms with E-state index >= 15 is 0 Å². The molecule has 0 unspecified atom stereocenters. The Morgan fingerprint density at radius 3 is 2.86 bits per heavy atom. The van der Waals surface area contributed by atoms with Crippen molar-refractivity contribution in [3.8, 4) is 0 Å². The minimum Gasteiger partial charge on any atom is -0.359 e. The summed E-state index contributed by atoms with van der Waals surface area (Å²) < 4.78 is 43.4. The molecule has 1 N–H and O–H groups in total. The van der Waals surface area contributed by atoms with Crippen molar-refractivity contribution in [2.45, 2.75) is 38.4 Å². The third kappa shape index (κ3) is 2.97. The Morgan fingerprint density at radius 1 is 1.36 bits per heavy atom. The summed E-state index contributed by atoms with van der Waals surface area (Å²) in [5, 5.41) is 9.69. The van der Waals surface area contributed by atoms with E-state index in [2.05, 4.69) is 15.6 Å². The van der Waals surface area contributed by atoms with E-state index in [1.54, 1.807) is 0 Å². The van der Waals surface area contributed by atoms with Gasteiger partial charge >= 0.3 is 6.18 Å². The largest absolute Gasteiger partial charge is 0.435 e. The molecule has 1 amide bonds. The molecule has 0 spiro atoms. The van der Waals surface area contributed by atoms with Crippen LogP contribution in [0, 0.1) is 0 Å². The third-order valence-corrected chi connectivity index (χ3v) is 3.44. The molecule has 2 aromatic heterocycles. The van der Waals surface area contributed by atoms with Crippen LogP contribution >= 0.6 is 0 Å². The van der Waals surface area contributed by atoms with Gasteiger partial charge < -0.3 is 9.84 Å².